The quantitative estimate of drug-likeness (QED) is 0.487. The zero-order chi connectivity index (χ0) is 5.40. The van der Waals surface area contributed by atoms with Gasteiger partial charge >= 0.3 is 0 Å². The first-order chi connectivity index (χ1) is 3.97. The molecule has 0 heterocycles. The van der Waals surface area contributed by atoms with E-state index in [-0.39, 0.29) is 9.90 Å². The summed E-state index contributed by atoms with van der Waals surface area (Å²) in [5.41, 5.74) is 2.74. The Morgan fingerprint density at radius 1 is 0.778 bits per heavy atom. The monoisotopic (exact) mass is 136 g/mol. The van der Waals surface area contributed by atoms with Crippen molar-refractivity contribution < 1.29 is 0 Å². The molecule has 0 bridgehead atoms. The molecule has 0 amide bonds. The van der Waals surface area contributed by atoms with Gasteiger partial charge in [0.1, 0.15) is 0 Å². The van der Waals surface area contributed by atoms with Gasteiger partial charge in [0.05, 0.1) is 0 Å². The van der Waals surface area contributed by atoms with Gasteiger partial charge in [0, 0.05) is 0 Å². The first kappa shape index (κ1) is 6.51. The molecule has 0 fully saturated rings. The summed E-state index contributed by atoms with van der Waals surface area (Å²) >= 11 is 0. The van der Waals surface area contributed by atoms with Crippen LogP contribution in [0.4, 0.5) is 0 Å². The van der Waals surface area contributed by atoms with E-state index in [0.29, 0.717) is 0 Å². The van der Waals surface area contributed by atoms with Gasteiger partial charge in [-0.15, -0.1) is 0 Å². The van der Waals surface area contributed by atoms with E-state index in [2.05, 4.69) is 36.4 Å². The zero-order valence-corrected chi connectivity index (χ0v) is 6.59. The van der Waals surface area contributed by atoms with Gasteiger partial charge in [0.25, 0.3) is 0 Å². The highest BCUT2D eigenvalue weighted by atomic mass is 31.0. The van der Waals surface area contributed by atoms with Gasteiger partial charge in [0.15, 0.2) is 0 Å². The molecule has 1 aliphatic carbocycles. The molecule has 2 rings (SSSR count). The topological polar surface area (TPSA) is 0 Å². The predicted octanol–water partition coefficient (Wildman–Crippen LogP) is 2.23. The van der Waals surface area contributed by atoms with E-state index in [4.69, 9.17) is 0 Å². The van der Waals surface area contributed by atoms with Crippen LogP contribution < -0.4 is 0 Å². The van der Waals surface area contributed by atoms with Crippen molar-refractivity contribution in [3.8, 4) is 0 Å². The van der Waals surface area contributed by atoms with E-state index in [1.165, 1.54) is 11.1 Å². The first-order valence-corrected chi connectivity index (χ1v) is 2.74. The summed E-state index contributed by atoms with van der Waals surface area (Å²) in [6.45, 7) is 0. The Bertz CT molecular complexity index is 213. The lowest BCUT2D eigenvalue weighted by Gasteiger charge is -2.06. The second-order valence-electron chi connectivity index (χ2n) is 1.96. The van der Waals surface area contributed by atoms with E-state index in [1.54, 1.807) is 0 Å². The van der Waals surface area contributed by atoms with E-state index in [1.807, 2.05) is 0 Å². The van der Waals surface area contributed by atoms with Gasteiger partial charge in [-0.2, -0.15) is 9.90 Å². The van der Waals surface area contributed by atoms with E-state index < -0.39 is 0 Å². The second-order valence-corrected chi connectivity index (χ2v) is 1.96. The smallest absolute Gasteiger partial charge is 0.0184 e. The fraction of sp³-hybridized carbons (Fsp3) is 0. The van der Waals surface area contributed by atoms with Gasteiger partial charge in [-0.1, -0.05) is 36.4 Å². The number of fused-ring (bicyclic) bond motifs is 1. The molecule has 1 aromatic carbocycles. The Hall–Kier alpha value is -0.610. The highest BCUT2D eigenvalue weighted by molar-refractivity contribution is 6.92. The van der Waals surface area contributed by atoms with Crippen LogP contribution in [0.3, 0.4) is 0 Å². The van der Waals surface area contributed by atoms with Gasteiger partial charge in [0.2, 0.25) is 0 Å². The number of benzene rings is 1. The Morgan fingerprint density at radius 2 is 1.22 bits per heavy atom. The first-order valence-electron chi connectivity index (χ1n) is 2.74. The fourth-order valence-corrected chi connectivity index (χ4v) is 0.898. The third-order valence-electron chi connectivity index (χ3n) is 1.44. The molecule has 0 radical (unpaired) electrons. The van der Waals surface area contributed by atoms with E-state index in [9.17, 15) is 0 Å². The van der Waals surface area contributed by atoms with Crippen LogP contribution in [0.15, 0.2) is 24.3 Å². The average Bonchev–Trinajstić information content (AvgIpc) is 1.72. The molecular formula is C8H9P. The molecule has 0 aliphatic heterocycles. The van der Waals surface area contributed by atoms with Gasteiger partial charge < -0.3 is 0 Å². The molecule has 1 unspecified atom stereocenters. The van der Waals surface area contributed by atoms with E-state index in [0.717, 1.165) is 0 Å². The molecule has 1 aromatic rings. The minimum Gasteiger partial charge on any atom is -0.153 e. The summed E-state index contributed by atoms with van der Waals surface area (Å²) in [5, 5.41) is 0. The van der Waals surface area contributed by atoms with Crippen LogP contribution >= 0.6 is 9.90 Å². The zero-order valence-electron chi connectivity index (χ0n) is 5.17. The van der Waals surface area contributed by atoms with Gasteiger partial charge in [-0.05, 0) is 11.1 Å². The minimum absolute atomic E-state index is 0. The van der Waals surface area contributed by atoms with Crippen molar-refractivity contribution >= 4 is 22.1 Å². The molecule has 0 saturated carbocycles. The average molecular weight is 136 g/mol. The number of hydrogen-bond donors (Lipinski definition) is 0. The second kappa shape index (κ2) is 2.33. The molecule has 1 atom stereocenters. The molecule has 0 aromatic heterocycles. The standard InChI is InChI=1S/C8H6.H3P/c1-2-4-8-6-5-7(8)3-1;/h1-6H;1H3. The highest BCUT2D eigenvalue weighted by Gasteiger charge is 1.99. The predicted molar refractivity (Wildman–Crippen MR) is 46.5 cm³/mol. The Balaban J connectivity index is 0.000000405. The molecule has 46 valence electrons. The molecule has 0 N–H and O–H groups in total. The van der Waals surface area contributed by atoms with Crippen molar-refractivity contribution in [1.29, 1.82) is 0 Å². The van der Waals surface area contributed by atoms with Crippen molar-refractivity contribution in [3.05, 3.63) is 35.4 Å². The number of rotatable bonds is 0. The largest absolute Gasteiger partial charge is 0.153 e. The molecule has 1 aliphatic rings. The maximum absolute atomic E-state index is 2.12. The van der Waals surface area contributed by atoms with Crippen molar-refractivity contribution in [2.45, 2.75) is 0 Å². The summed E-state index contributed by atoms with van der Waals surface area (Å²) in [6.07, 6.45) is 4.24. The van der Waals surface area contributed by atoms with Crippen molar-refractivity contribution in [1.82, 2.24) is 0 Å². The molecular weight excluding hydrogens is 127 g/mol. The summed E-state index contributed by atoms with van der Waals surface area (Å²) < 4.78 is 0. The van der Waals surface area contributed by atoms with Crippen LogP contribution in [0.5, 0.6) is 0 Å². The van der Waals surface area contributed by atoms with Crippen LogP contribution in [-0.2, 0) is 0 Å². The van der Waals surface area contributed by atoms with Crippen LogP contribution in [-0.4, -0.2) is 0 Å². The van der Waals surface area contributed by atoms with Crippen LogP contribution in [0, 0.1) is 0 Å². The summed E-state index contributed by atoms with van der Waals surface area (Å²) in [4.78, 5) is 0. The van der Waals surface area contributed by atoms with Gasteiger partial charge in [-0.25, -0.2) is 0 Å². The normalized spacial score (nSPS) is 11.1. The van der Waals surface area contributed by atoms with Crippen LogP contribution in [0.1, 0.15) is 11.1 Å². The third-order valence-corrected chi connectivity index (χ3v) is 1.44. The maximum atomic E-state index is 2.12. The van der Waals surface area contributed by atoms with Gasteiger partial charge in [-0.3, -0.25) is 0 Å². The lowest BCUT2D eigenvalue weighted by Crippen LogP contribution is -1.85. The Labute approximate surface area is 58.2 Å². The van der Waals surface area contributed by atoms with E-state index >= 15 is 0 Å². The molecule has 9 heavy (non-hydrogen) atoms. The van der Waals surface area contributed by atoms with Crippen molar-refractivity contribution in [2.24, 2.45) is 0 Å². The third kappa shape index (κ3) is 0.906. The maximum Gasteiger partial charge on any atom is -0.0184 e. The molecule has 0 nitrogen and oxygen atoms in total. The highest BCUT2D eigenvalue weighted by Crippen LogP contribution is 2.21. The Kier molecular flexibility index (Phi) is 1.68. The lowest BCUT2D eigenvalue weighted by molar-refractivity contribution is 1.58. The van der Waals surface area contributed by atoms with Crippen LogP contribution in [0.25, 0.3) is 12.2 Å². The minimum atomic E-state index is 0. The SMILES string of the molecule is C1=Cc2ccccc21.P. The summed E-state index contributed by atoms with van der Waals surface area (Å²) in [5.74, 6) is 0. The van der Waals surface area contributed by atoms with Crippen molar-refractivity contribution in [2.75, 3.05) is 0 Å². The van der Waals surface area contributed by atoms with Crippen LogP contribution in [0.2, 0.25) is 0 Å². The van der Waals surface area contributed by atoms with Crippen molar-refractivity contribution in [3.63, 3.8) is 0 Å². The summed E-state index contributed by atoms with van der Waals surface area (Å²) in [6, 6.07) is 8.36. The fourth-order valence-electron chi connectivity index (χ4n) is 0.898. The Morgan fingerprint density at radius 3 is 1.44 bits per heavy atom. The lowest BCUT2D eigenvalue weighted by atomic mass is 9.99. The molecule has 0 spiro atoms. The summed E-state index contributed by atoms with van der Waals surface area (Å²) in [7, 11) is 0. The number of hydrogen-bond acceptors (Lipinski definition) is 0. The molecule has 1 heteroatoms. The molecule has 0 saturated heterocycles.